The van der Waals surface area contributed by atoms with E-state index in [2.05, 4.69) is 56.0 Å². The topological polar surface area (TPSA) is 63.8 Å². The Balaban J connectivity index is 2.25. The molecule has 3 N–H and O–H groups in total. The summed E-state index contributed by atoms with van der Waals surface area (Å²) in [5, 5.41) is 3.40. The normalized spacial score (nSPS) is 11.7. The van der Waals surface area contributed by atoms with Crippen molar-refractivity contribution < 1.29 is 0 Å². The molecule has 4 nitrogen and oxygen atoms in total. The first-order valence-corrected chi connectivity index (χ1v) is 7.94. The van der Waals surface area contributed by atoms with Crippen LogP contribution in [0, 0.1) is 20.8 Å². The summed E-state index contributed by atoms with van der Waals surface area (Å²) in [7, 11) is 0. The second-order valence-electron chi connectivity index (χ2n) is 6.46. The number of thiophene rings is 1. The Morgan fingerprint density at radius 2 is 1.86 bits per heavy atom. The molecule has 2 aromatic heterocycles. The number of aryl methyl sites for hydroxylation is 2. The Morgan fingerprint density at radius 1 is 1.19 bits per heavy atom. The number of aromatic nitrogens is 2. The molecule has 114 valence electrons. The number of nitrogen functional groups attached to an aromatic ring is 1. The maximum absolute atomic E-state index is 6.03. The summed E-state index contributed by atoms with van der Waals surface area (Å²) >= 11 is 1.82. The van der Waals surface area contributed by atoms with Crippen LogP contribution in [-0.2, 0) is 12.0 Å². The maximum Gasteiger partial charge on any atom is 0.138 e. The molecule has 2 rings (SSSR count). The molecule has 0 aliphatic carbocycles. The molecule has 5 heteroatoms. The van der Waals surface area contributed by atoms with E-state index in [4.69, 9.17) is 5.73 Å². The molecule has 0 fully saturated rings. The average Bonchev–Trinajstić information content (AvgIpc) is 2.69. The highest BCUT2D eigenvalue weighted by atomic mass is 32.1. The predicted octanol–water partition coefficient (Wildman–Crippen LogP) is 3.96. The number of hydrogen-bond donors (Lipinski definition) is 2. The Morgan fingerprint density at radius 3 is 2.38 bits per heavy atom. The first kappa shape index (κ1) is 15.8. The van der Waals surface area contributed by atoms with Gasteiger partial charge < -0.3 is 11.1 Å². The minimum Gasteiger partial charge on any atom is -0.383 e. The predicted molar refractivity (Wildman–Crippen MR) is 91.0 cm³/mol. The lowest BCUT2D eigenvalue weighted by atomic mass is 9.95. The molecule has 0 saturated carbocycles. The molecule has 0 unspecified atom stereocenters. The van der Waals surface area contributed by atoms with E-state index in [9.17, 15) is 0 Å². The molecule has 0 bridgehead atoms. The fourth-order valence-corrected chi connectivity index (χ4v) is 2.94. The van der Waals surface area contributed by atoms with Crippen LogP contribution in [0.4, 0.5) is 11.6 Å². The van der Waals surface area contributed by atoms with Crippen LogP contribution in [0.3, 0.4) is 0 Å². The summed E-state index contributed by atoms with van der Waals surface area (Å²) in [6.07, 6.45) is 0. The average molecular weight is 304 g/mol. The van der Waals surface area contributed by atoms with Gasteiger partial charge in [-0.3, -0.25) is 0 Å². The summed E-state index contributed by atoms with van der Waals surface area (Å²) in [4.78, 5) is 11.7. The van der Waals surface area contributed by atoms with E-state index < -0.39 is 0 Å². The van der Waals surface area contributed by atoms with Crippen molar-refractivity contribution in [3.8, 4) is 0 Å². The molecule has 0 amide bonds. The minimum atomic E-state index is -0.117. The van der Waals surface area contributed by atoms with Crippen molar-refractivity contribution in [3.63, 3.8) is 0 Å². The molecule has 2 heterocycles. The van der Waals surface area contributed by atoms with Crippen LogP contribution < -0.4 is 11.1 Å². The third-order valence-electron chi connectivity index (χ3n) is 3.50. The fraction of sp³-hybridized carbons (Fsp3) is 0.500. The minimum absolute atomic E-state index is 0.117. The van der Waals surface area contributed by atoms with Crippen LogP contribution in [0.5, 0.6) is 0 Å². The standard InChI is InChI=1S/C16H24N4S/c1-9-7-12(21-11(9)3)8-18-14-10(2)13(17)19-15(20-14)16(4,5)6/h7H,8H2,1-6H3,(H3,17,18,19,20). The smallest absolute Gasteiger partial charge is 0.138 e. The van der Waals surface area contributed by atoms with Gasteiger partial charge in [-0.25, -0.2) is 9.97 Å². The largest absolute Gasteiger partial charge is 0.383 e. The lowest BCUT2D eigenvalue weighted by Crippen LogP contribution is -2.19. The lowest BCUT2D eigenvalue weighted by Gasteiger charge is -2.19. The van der Waals surface area contributed by atoms with Crippen LogP contribution in [-0.4, -0.2) is 9.97 Å². The van der Waals surface area contributed by atoms with E-state index in [1.54, 1.807) is 0 Å². The molecular formula is C16H24N4S. The highest BCUT2D eigenvalue weighted by molar-refractivity contribution is 7.12. The van der Waals surface area contributed by atoms with Crippen molar-refractivity contribution in [2.75, 3.05) is 11.1 Å². The van der Waals surface area contributed by atoms with Gasteiger partial charge in [-0.15, -0.1) is 11.3 Å². The molecule has 0 aliphatic rings. The third kappa shape index (κ3) is 3.53. The summed E-state index contributed by atoms with van der Waals surface area (Å²) < 4.78 is 0. The van der Waals surface area contributed by atoms with E-state index >= 15 is 0 Å². The van der Waals surface area contributed by atoms with E-state index in [0.717, 1.165) is 23.8 Å². The van der Waals surface area contributed by atoms with E-state index in [0.29, 0.717) is 5.82 Å². The number of anilines is 2. The molecule has 0 radical (unpaired) electrons. The van der Waals surface area contributed by atoms with Crippen molar-refractivity contribution in [1.82, 2.24) is 9.97 Å². The number of nitrogens with zero attached hydrogens (tertiary/aromatic N) is 2. The SMILES string of the molecule is Cc1cc(CNc2nc(C(C)(C)C)nc(N)c2C)sc1C. The quantitative estimate of drug-likeness (QED) is 0.901. The number of rotatable bonds is 3. The van der Waals surface area contributed by atoms with Crippen molar-refractivity contribution >= 4 is 23.0 Å². The summed E-state index contributed by atoms with van der Waals surface area (Å²) in [6.45, 7) is 13.3. The molecule has 0 aromatic carbocycles. The number of nitrogens with one attached hydrogen (secondary N) is 1. The van der Waals surface area contributed by atoms with Crippen LogP contribution in [0.1, 0.15) is 47.5 Å². The fourth-order valence-electron chi connectivity index (χ4n) is 1.95. The second kappa shape index (κ2) is 5.64. The van der Waals surface area contributed by atoms with Crippen molar-refractivity contribution in [2.45, 2.75) is 53.5 Å². The molecule has 0 aliphatic heterocycles. The van der Waals surface area contributed by atoms with Gasteiger partial charge in [-0.1, -0.05) is 20.8 Å². The Labute approximate surface area is 130 Å². The maximum atomic E-state index is 6.03. The molecule has 2 aromatic rings. The monoisotopic (exact) mass is 304 g/mol. The molecule has 0 saturated heterocycles. The Hall–Kier alpha value is -1.62. The second-order valence-corrected chi connectivity index (χ2v) is 7.80. The van der Waals surface area contributed by atoms with Gasteiger partial charge >= 0.3 is 0 Å². The van der Waals surface area contributed by atoms with Gasteiger partial charge in [0.25, 0.3) is 0 Å². The van der Waals surface area contributed by atoms with Crippen LogP contribution in [0.15, 0.2) is 6.07 Å². The Kier molecular flexibility index (Phi) is 4.23. The number of nitrogens with two attached hydrogens (primary N) is 1. The zero-order chi connectivity index (χ0) is 15.8. The van der Waals surface area contributed by atoms with E-state index in [-0.39, 0.29) is 5.41 Å². The van der Waals surface area contributed by atoms with Gasteiger partial charge in [-0.05, 0) is 32.4 Å². The number of hydrogen-bond acceptors (Lipinski definition) is 5. The van der Waals surface area contributed by atoms with Crippen molar-refractivity contribution in [2.24, 2.45) is 0 Å². The van der Waals surface area contributed by atoms with Crippen LogP contribution in [0.2, 0.25) is 0 Å². The van der Waals surface area contributed by atoms with Gasteiger partial charge in [0.15, 0.2) is 0 Å². The van der Waals surface area contributed by atoms with Crippen LogP contribution >= 0.6 is 11.3 Å². The molecule has 21 heavy (non-hydrogen) atoms. The highest BCUT2D eigenvalue weighted by Gasteiger charge is 2.20. The molecule has 0 atom stereocenters. The van der Waals surface area contributed by atoms with E-state index in [1.807, 2.05) is 18.3 Å². The third-order valence-corrected chi connectivity index (χ3v) is 4.65. The van der Waals surface area contributed by atoms with E-state index in [1.165, 1.54) is 15.3 Å². The molecular weight excluding hydrogens is 280 g/mol. The van der Waals surface area contributed by atoms with Gasteiger partial charge in [0.2, 0.25) is 0 Å². The van der Waals surface area contributed by atoms with Gasteiger partial charge in [0.1, 0.15) is 17.5 Å². The van der Waals surface area contributed by atoms with Gasteiger partial charge in [0, 0.05) is 20.7 Å². The zero-order valence-electron chi connectivity index (χ0n) is 13.7. The summed E-state index contributed by atoms with van der Waals surface area (Å²) in [5.74, 6) is 2.15. The summed E-state index contributed by atoms with van der Waals surface area (Å²) in [5.41, 5.74) is 8.16. The Bertz CT molecular complexity index is 634. The first-order valence-electron chi connectivity index (χ1n) is 7.13. The van der Waals surface area contributed by atoms with Gasteiger partial charge in [-0.2, -0.15) is 0 Å². The van der Waals surface area contributed by atoms with Crippen molar-refractivity contribution in [3.05, 3.63) is 32.8 Å². The first-order chi connectivity index (χ1) is 9.68. The molecule has 0 spiro atoms. The van der Waals surface area contributed by atoms with Crippen molar-refractivity contribution in [1.29, 1.82) is 0 Å². The zero-order valence-corrected chi connectivity index (χ0v) is 14.5. The van der Waals surface area contributed by atoms with Gasteiger partial charge in [0.05, 0.1) is 6.54 Å². The highest BCUT2D eigenvalue weighted by Crippen LogP contribution is 2.26. The van der Waals surface area contributed by atoms with Crippen LogP contribution in [0.25, 0.3) is 0 Å². The summed E-state index contributed by atoms with van der Waals surface area (Å²) in [6, 6.07) is 2.22. The lowest BCUT2D eigenvalue weighted by molar-refractivity contribution is 0.546.